The highest BCUT2D eigenvalue weighted by Crippen LogP contribution is 2.39. The van der Waals surface area contributed by atoms with E-state index in [4.69, 9.17) is 9.40 Å². The van der Waals surface area contributed by atoms with Crippen molar-refractivity contribution < 1.29 is 8.98 Å². The number of hydrogen-bond donors (Lipinski definition) is 0. The molecule has 0 saturated heterocycles. The van der Waals surface area contributed by atoms with Crippen LogP contribution in [0.4, 0.5) is 0 Å². The molecule has 0 bridgehead atoms. The fraction of sp³-hybridized carbons (Fsp3) is 0.0847. The van der Waals surface area contributed by atoms with Crippen LogP contribution in [0.3, 0.4) is 0 Å². The minimum atomic E-state index is 0.516. The molecule has 4 aromatic heterocycles. The summed E-state index contributed by atoms with van der Waals surface area (Å²) in [6.45, 7) is 4.51. The number of rotatable bonds is 9. The van der Waals surface area contributed by atoms with Crippen LogP contribution in [-0.4, -0.2) is 14.1 Å². The maximum absolute atomic E-state index is 6.85. The van der Waals surface area contributed by atoms with Gasteiger partial charge in [0.1, 0.15) is 17.0 Å². The van der Waals surface area contributed by atoms with Gasteiger partial charge in [0.05, 0.1) is 11.0 Å². The molecule has 4 heterocycles. The Morgan fingerprint density at radius 1 is 0.531 bits per heavy atom. The van der Waals surface area contributed by atoms with E-state index in [1.54, 1.807) is 0 Å². The van der Waals surface area contributed by atoms with Crippen LogP contribution in [0.15, 0.2) is 211 Å². The Morgan fingerprint density at radius 3 is 1.95 bits per heavy atom. The minimum Gasteiger partial charge on any atom is -0.452 e. The molecule has 0 aliphatic rings. The summed E-state index contributed by atoms with van der Waals surface area (Å²) < 4.78 is 13.9. The third-order valence-electron chi connectivity index (χ3n) is 12.7. The number of para-hydroxylation sites is 5. The Balaban J connectivity index is 0.974. The molecular formula is C59H45N4O+. The molecule has 12 aromatic rings. The zero-order valence-electron chi connectivity index (χ0n) is 35.8. The fourth-order valence-electron chi connectivity index (χ4n) is 9.94. The van der Waals surface area contributed by atoms with E-state index in [0.717, 1.165) is 74.0 Å². The maximum atomic E-state index is 6.85. The van der Waals surface area contributed by atoms with Crippen LogP contribution in [0.2, 0.25) is 0 Å². The van der Waals surface area contributed by atoms with E-state index in [0.29, 0.717) is 5.92 Å². The van der Waals surface area contributed by atoms with E-state index in [9.17, 15) is 0 Å². The normalized spacial score (nSPS) is 11.9. The van der Waals surface area contributed by atoms with E-state index in [1.165, 1.54) is 49.7 Å². The number of furan rings is 1. The second-order valence-corrected chi connectivity index (χ2v) is 17.3. The Labute approximate surface area is 371 Å². The molecule has 0 aliphatic heterocycles. The van der Waals surface area contributed by atoms with Gasteiger partial charge in [-0.15, -0.1) is 0 Å². The van der Waals surface area contributed by atoms with Gasteiger partial charge in [0.2, 0.25) is 0 Å². The summed E-state index contributed by atoms with van der Waals surface area (Å²) in [6.07, 6.45) is 5.91. The first-order chi connectivity index (χ1) is 31.6. The third-order valence-corrected chi connectivity index (χ3v) is 12.7. The highest BCUT2D eigenvalue weighted by atomic mass is 16.3. The van der Waals surface area contributed by atoms with Gasteiger partial charge in [0.15, 0.2) is 22.4 Å². The van der Waals surface area contributed by atoms with Gasteiger partial charge in [-0.25, -0.2) is 4.98 Å². The first kappa shape index (κ1) is 37.7. The van der Waals surface area contributed by atoms with Gasteiger partial charge in [0.25, 0.3) is 6.33 Å². The van der Waals surface area contributed by atoms with Crippen molar-refractivity contribution in [2.45, 2.75) is 26.7 Å². The van der Waals surface area contributed by atoms with Crippen molar-refractivity contribution >= 4 is 54.8 Å². The van der Waals surface area contributed by atoms with Gasteiger partial charge in [0, 0.05) is 38.9 Å². The number of benzene rings is 8. The molecule has 0 unspecified atom stereocenters. The summed E-state index contributed by atoms with van der Waals surface area (Å²) in [6, 6.07) is 70.0. The molecule has 0 amide bonds. The molecule has 0 radical (unpaired) electrons. The third kappa shape index (κ3) is 6.31. The van der Waals surface area contributed by atoms with E-state index < -0.39 is 0 Å². The van der Waals surface area contributed by atoms with Crippen LogP contribution in [0.25, 0.3) is 94.2 Å². The quantitative estimate of drug-likeness (QED) is 0.136. The zero-order valence-corrected chi connectivity index (χ0v) is 35.8. The predicted octanol–water partition coefficient (Wildman–Crippen LogP) is 14.4. The average Bonchev–Trinajstić information content (AvgIpc) is 4.02. The van der Waals surface area contributed by atoms with Gasteiger partial charge in [-0.1, -0.05) is 166 Å². The van der Waals surface area contributed by atoms with Crippen LogP contribution in [0.1, 0.15) is 30.5 Å². The van der Waals surface area contributed by atoms with Gasteiger partial charge >= 0.3 is 0 Å². The number of nitrogens with zero attached hydrogens (tertiary/aromatic N) is 4. The van der Waals surface area contributed by atoms with Gasteiger partial charge in [-0.3, -0.25) is 4.57 Å². The lowest BCUT2D eigenvalue weighted by Gasteiger charge is -2.13. The zero-order chi connectivity index (χ0) is 42.7. The summed E-state index contributed by atoms with van der Waals surface area (Å²) in [7, 11) is 0. The predicted molar refractivity (Wildman–Crippen MR) is 263 cm³/mol. The van der Waals surface area contributed by atoms with E-state index in [-0.39, 0.29) is 0 Å². The summed E-state index contributed by atoms with van der Waals surface area (Å²) in [4.78, 5) is 5.05. The van der Waals surface area contributed by atoms with Crippen molar-refractivity contribution in [1.82, 2.24) is 14.1 Å². The van der Waals surface area contributed by atoms with Crippen molar-refractivity contribution in [3.63, 3.8) is 0 Å². The molecule has 8 aromatic carbocycles. The lowest BCUT2D eigenvalue weighted by Crippen LogP contribution is -2.30. The molecular weight excluding hydrogens is 781 g/mol. The monoisotopic (exact) mass is 825 g/mol. The van der Waals surface area contributed by atoms with Crippen molar-refractivity contribution in [2.24, 2.45) is 5.92 Å². The van der Waals surface area contributed by atoms with Crippen molar-refractivity contribution in [2.75, 3.05) is 0 Å². The molecule has 5 nitrogen and oxygen atoms in total. The largest absolute Gasteiger partial charge is 0.452 e. The van der Waals surface area contributed by atoms with Gasteiger partial charge < -0.3 is 4.42 Å². The standard InChI is InChI=1S/C59H45N4O/c1-39(2)34-44-21-14-26-50-51-32-33-60-59(58(51)64-57(44)50)63-52-27-10-9-23-48(52)49-31-30-41(37-55(49)63)35-40-16-13-22-45(36-40)61-38-62(54-29-12-11-28-53(54)61)56-46(42-17-5-3-6-18-42)24-15-25-47(56)43-19-7-4-8-20-43/h3-33,36-39H,34-35H2,1-2H3/q+1. The number of fused-ring (bicyclic) bond motifs is 7. The number of hydrogen-bond acceptors (Lipinski definition) is 2. The highest BCUT2D eigenvalue weighted by molar-refractivity contribution is 6.12. The number of aromatic nitrogens is 4. The molecule has 0 atom stereocenters. The smallest absolute Gasteiger partial charge is 0.255 e. The van der Waals surface area contributed by atoms with E-state index >= 15 is 0 Å². The van der Waals surface area contributed by atoms with Crippen LogP contribution in [0.5, 0.6) is 0 Å². The van der Waals surface area contributed by atoms with Crippen molar-refractivity contribution in [3.05, 3.63) is 223 Å². The number of pyridine rings is 1. The maximum Gasteiger partial charge on any atom is 0.255 e. The molecule has 12 rings (SSSR count). The van der Waals surface area contributed by atoms with Crippen LogP contribution in [-0.2, 0) is 12.8 Å². The molecule has 0 fully saturated rings. The lowest BCUT2D eigenvalue weighted by atomic mass is 9.95. The van der Waals surface area contributed by atoms with Crippen molar-refractivity contribution in [1.29, 1.82) is 0 Å². The second kappa shape index (κ2) is 15.4. The first-order valence-electron chi connectivity index (χ1n) is 22.2. The molecule has 0 N–H and O–H groups in total. The molecule has 5 heteroatoms. The fourth-order valence-corrected chi connectivity index (χ4v) is 9.94. The SMILES string of the molecule is CC(C)Cc1cccc2c1oc1c(-n3c4ccccc4c4ccc(Cc5cccc(-n6c[n+](-c7c(-c8ccccc8)cccc7-c7ccccc7)c7ccccc76)c5)cc43)nccc12. The van der Waals surface area contributed by atoms with E-state index in [2.05, 4.69) is 228 Å². The molecule has 0 aliphatic carbocycles. The summed E-state index contributed by atoms with van der Waals surface area (Å²) in [5, 5.41) is 4.61. The van der Waals surface area contributed by atoms with Crippen molar-refractivity contribution in [3.8, 4) is 39.4 Å². The Morgan fingerprint density at radius 2 is 1.17 bits per heavy atom. The highest BCUT2D eigenvalue weighted by Gasteiger charge is 2.25. The molecule has 0 spiro atoms. The molecule has 0 saturated carbocycles. The Bertz CT molecular complexity index is 3650. The average molecular weight is 826 g/mol. The summed E-state index contributed by atoms with van der Waals surface area (Å²) >= 11 is 0. The summed E-state index contributed by atoms with van der Waals surface area (Å²) in [5.74, 6) is 1.33. The van der Waals surface area contributed by atoms with Crippen LogP contribution >= 0.6 is 0 Å². The molecule has 64 heavy (non-hydrogen) atoms. The van der Waals surface area contributed by atoms with Crippen LogP contribution < -0.4 is 4.57 Å². The van der Waals surface area contributed by atoms with Crippen LogP contribution in [0, 0.1) is 5.92 Å². The van der Waals surface area contributed by atoms with E-state index in [1.807, 2.05) is 6.20 Å². The topological polar surface area (TPSA) is 39.8 Å². The first-order valence-corrected chi connectivity index (χ1v) is 22.2. The lowest BCUT2D eigenvalue weighted by molar-refractivity contribution is -0.566. The second-order valence-electron chi connectivity index (χ2n) is 17.3. The Kier molecular flexibility index (Phi) is 9.08. The van der Waals surface area contributed by atoms with Gasteiger partial charge in [-0.2, -0.15) is 9.13 Å². The Hall–Kier alpha value is -8.02. The minimum absolute atomic E-state index is 0.516. The molecule has 306 valence electrons. The van der Waals surface area contributed by atoms with Gasteiger partial charge in [-0.05, 0) is 89.0 Å². The number of imidazole rings is 1. The summed E-state index contributed by atoms with van der Waals surface area (Å²) in [5.41, 5.74) is 16.9.